The number of hydrogen-bond acceptors (Lipinski definition) is 4. The summed E-state index contributed by atoms with van der Waals surface area (Å²) >= 11 is 11.5. The minimum atomic E-state index is -0.855. The second-order valence-electron chi connectivity index (χ2n) is 2.93. The molecule has 0 radical (unpaired) electrons. The molecule has 14 heavy (non-hydrogen) atoms. The van der Waals surface area contributed by atoms with E-state index in [0.717, 1.165) is 0 Å². The molecule has 1 aromatic heterocycles. The van der Waals surface area contributed by atoms with Crippen LogP contribution < -0.4 is 0 Å². The highest BCUT2D eigenvalue weighted by atomic mass is 35.5. The third-order valence-electron chi connectivity index (χ3n) is 1.89. The van der Waals surface area contributed by atoms with Crippen LogP contribution in [0.3, 0.4) is 0 Å². The molecule has 0 aliphatic carbocycles. The van der Waals surface area contributed by atoms with Gasteiger partial charge in [-0.25, -0.2) is 0 Å². The van der Waals surface area contributed by atoms with Crippen LogP contribution in [0.4, 0.5) is 0 Å². The Hall–Kier alpha value is -0.420. The van der Waals surface area contributed by atoms with Gasteiger partial charge in [0, 0.05) is 12.0 Å². The predicted octanol–water partition coefficient (Wildman–Crippen LogP) is 0.988. The van der Waals surface area contributed by atoms with Crippen LogP contribution in [0.1, 0.15) is 11.1 Å². The van der Waals surface area contributed by atoms with E-state index in [9.17, 15) is 5.11 Å². The Kier molecular flexibility index (Phi) is 4.07. The largest absolute Gasteiger partial charge is 0.394 e. The first-order valence-electron chi connectivity index (χ1n) is 4.02. The number of nitrogens with zero attached hydrogens (tertiary/aromatic N) is 2. The zero-order valence-electron chi connectivity index (χ0n) is 7.54. The summed E-state index contributed by atoms with van der Waals surface area (Å²) < 4.78 is 0. The van der Waals surface area contributed by atoms with Crippen molar-refractivity contribution in [3.05, 3.63) is 21.4 Å². The number of aliphatic hydroxyl groups excluding tert-OH is 2. The lowest BCUT2D eigenvalue weighted by molar-refractivity contribution is 0.0953. The van der Waals surface area contributed by atoms with Crippen molar-refractivity contribution in [1.82, 2.24) is 10.2 Å². The fourth-order valence-corrected chi connectivity index (χ4v) is 1.45. The van der Waals surface area contributed by atoms with Crippen LogP contribution in [-0.2, 0) is 6.42 Å². The minimum Gasteiger partial charge on any atom is -0.394 e. The van der Waals surface area contributed by atoms with Crippen LogP contribution >= 0.6 is 23.2 Å². The van der Waals surface area contributed by atoms with Crippen molar-refractivity contribution in [2.45, 2.75) is 19.4 Å². The summed E-state index contributed by atoms with van der Waals surface area (Å²) in [6, 6.07) is 0. The molecule has 2 N–H and O–H groups in total. The van der Waals surface area contributed by atoms with Gasteiger partial charge in [0.2, 0.25) is 0 Å². The van der Waals surface area contributed by atoms with Crippen molar-refractivity contribution in [2.75, 3.05) is 6.61 Å². The highest BCUT2D eigenvalue weighted by Gasteiger charge is 2.14. The van der Waals surface area contributed by atoms with Crippen LogP contribution in [0.2, 0.25) is 10.3 Å². The molecule has 0 saturated carbocycles. The molecule has 1 atom stereocenters. The van der Waals surface area contributed by atoms with Gasteiger partial charge in [0.1, 0.15) is 0 Å². The minimum absolute atomic E-state index is 0.208. The highest BCUT2D eigenvalue weighted by Crippen LogP contribution is 2.22. The molecule has 0 spiro atoms. The van der Waals surface area contributed by atoms with E-state index < -0.39 is 6.10 Å². The van der Waals surface area contributed by atoms with Gasteiger partial charge in [0.05, 0.1) is 12.7 Å². The lowest BCUT2D eigenvalue weighted by atomic mass is 10.1. The van der Waals surface area contributed by atoms with Gasteiger partial charge >= 0.3 is 0 Å². The van der Waals surface area contributed by atoms with Gasteiger partial charge in [-0.15, -0.1) is 10.2 Å². The highest BCUT2D eigenvalue weighted by molar-refractivity contribution is 6.32. The molecule has 0 saturated heterocycles. The quantitative estimate of drug-likeness (QED) is 0.822. The summed E-state index contributed by atoms with van der Waals surface area (Å²) in [4.78, 5) is 0. The number of aliphatic hydroxyl groups is 2. The van der Waals surface area contributed by atoms with Gasteiger partial charge in [-0.2, -0.15) is 0 Å². The van der Waals surface area contributed by atoms with Gasteiger partial charge in [-0.05, 0) is 12.5 Å². The second kappa shape index (κ2) is 4.89. The average Bonchev–Trinajstić information content (AvgIpc) is 2.18. The molecule has 4 nitrogen and oxygen atoms in total. The summed E-state index contributed by atoms with van der Waals surface area (Å²) in [7, 11) is 0. The smallest absolute Gasteiger partial charge is 0.155 e. The van der Waals surface area contributed by atoms with Crippen LogP contribution in [0.15, 0.2) is 0 Å². The second-order valence-corrected chi connectivity index (χ2v) is 3.64. The lowest BCUT2D eigenvalue weighted by Gasteiger charge is -2.10. The fraction of sp³-hybridized carbons (Fsp3) is 0.500. The molecule has 78 valence electrons. The first-order chi connectivity index (χ1) is 6.56. The van der Waals surface area contributed by atoms with E-state index in [-0.39, 0.29) is 23.3 Å². The molecule has 0 aliphatic heterocycles. The van der Waals surface area contributed by atoms with E-state index in [1.807, 2.05) is 0 Å². The van der Waals surface area contributed by atoms with E-state index in [1.54, 1.807) is 6.92 Å². The summed E-state index contributed by atoms with van der Waals surface area (Å²) in [6.45, 7) is 1.41. The molecule has 0 amide bonds. The van der Waals surface area contributed by atoms with Gasteiger partial charge in [-0.3, -0.25) is 0 Å². The van der Waals surface area contributed by atoms with Crippen molar-refractivity contribution in [2.24, 2.45) is 0 Å². The van der Waals surface area contributed by atoms with Crippen molar-refractivity contribution >= 4 is 23.2 Å². The molecule has 1 unspecified atom stereocenters. The van der Waals surface area contributed by atoms with E-state index in [1.165, 1.54) is 0 Å². The van der Waals surface area contributed by atoms with Gasteiger partial charge in [0.15, 0.2) is 10.3 Å². The van der Waals surface area contributed by atoms with E-state index in [0.29, 0.717) is 11.1 Å². The van der Waals surface area contributed by atoms with E-state index in [4.69, 9.17) is 28.3 Å². The van der Waals surface area contributed by atoms with Crippen LogP contribution in [0, 0.1) is 6.92 Å². The third kappa shape index (κ3) is 2.54. The summed E-state index contributed by atoms with van der Waals surface area (Å²) in [5.74, 6) is 0. The number of rotatable bonds is 3. The summed E-state index contributed by atoms with van der Waals surface area (Å²) in [6.07, 6.45) is -0.636. The lowest BCUT2D eigenvalue weighted by Crippen LogP contribution is -2.16. The Labute approximate surface area is 91.5 Å². The molecule has 0 aliphatic rings. The first-order valence-corrected chi connectivity index (χ1v) is 4.78. The third-order valence-corrected chi connectivity index (χ3v) is 2.55. The van der Waals surface area contributed by atoms with Gasteiger partial charge in [-0.1, -0.05) is 23.2 Å². The molecule has 1 heterocycles. The molecule has 0 bridgehead atoms. The molecule has 0 aromatic carbocycles. The number of aromatic nitrogens is 2. The maximum absolute atomic E-state index is 9.25. The Morgan fingerprint density at radius 3 is 2.43 bits per heavy atom. The molecule has 1 rings (SSSR count). The maximum atomic E-state index is 9.25. The maximum Gasteiger partial charge on any atom is 0.155 e. The number of hydrogen-bond donors (Lipinski definition) is 2. The zero-order valence-corrected chi connectivity index (χ0v) is 9.05. The Morgan fingerprint density at radius 1 is 1.29 bits per heavy atom. The van der Waals surface area contributed by atoms with Gasteiger partial charge in [0.25, 0.3) is 0 Å². The predicted molar refractivity (Wildman–Crippen MR) is 53.6 cm³/mol. The van der Waals surface area contributed by atoms with Gasteiger partial charge < -0.3 is 10.2 Å². The summed E-state index contributed by atoms with van der Waals surface area (Å²) in [5, 5.41) is 25.6. The van der Waals surface area contributed by atoms with Crippen LogP contribution in [0.5, 0.6) is 0 Å². The number of halogens is 2. The topological polar surface area (TPSA) is 66.2 Å². The average molecular weight is 237 g/mol. The van der Waals surface area contributed by atoms with Crippen molar-refractivity contribution in [1.29, 1.82) is 0 Å². The van der Waals surface area contributed by atoms with E-state index >= 15 is 0 Å². The zero-order chi connectivity index (χ0) is 10.7. The Bertz CT molecular complexity index is 333. The van der Waals surface area contributed by atoms with Crippen molar-refractivity contribution < 1.29 is 10.2 Å². The molecular formula is C8H10Cl2N2O2. The molecule has 1 aromatic rings. The van der Waals surface area contributed by atoms with E-state index in [2.05, 4.69) is 10.2 Å². The fourth-order valence-electron chi connectivity index (χ4n) is 1.04. The molecule has 6 heteroatoms. The van der Waals surface area contributed by atoms with Crippen LogP contribution in [0.25, 0.3) is 0 Å². The van der Waals surface area contributed by atoms with Crippen LogP contribution in [-0.4, -0.2) is 33.1 Å². The first kappa shape index (κ1) is 11.7. The Balaban J connectivity index is 3.00. The molecule has 0 fully saturated rings. The monoisotopic (exact) mass is 236 g/mol. The normalized spacial score (nSPS) is 12.9. The summed E-state index contributed by atoms with van der Waals surface area (Å²) in [5.41, 5.74) is 1.30. The molecular weight excluding hydrogens is 227 g/mol. The van der Waals surface area contributed by atoms with Crippen molar-refractivity contribution in [3.63, 3.8) is 0 Å². The van der Waals surface area contributed by atoms with Crippen molar-refractivity contribution in [3.8, 4) is 0 Å². The Morgan fingerprint density at radius 2 is 1.86 bits per heavy atom. The standard InChI is InChI=1S/C8H10Cl2N2O2/c1-4-6(2-5(14)3-13)8(10)12-11-7(4)9/h5,13-14H,2-3H2,1H3. The SMILES string of the molecule is Cc1c(Cl)nnc(Cl)c1CC(O)CO.